The van der Waals surface area contributed by atoms with Crippen molar-refractivity contribution in [2.75, 3.05) is 13.2 Å². The van der Waals surface area contributed by atoms with Gasteiger partial charge in [0.15, 0.2) is 0 Å². The molecule has 1 aromatic rings. The van der Waals surface area contributed by atoms with E-state index in [4.69, 9.17) is 9.47 Å². The van der Waals surface area contributed by atoms with Crippen LogP contribution in [-0.2, 0) is 25.7 Å². The summed E-state index contributed by atoms with van der Waals surface area (Å²) in [6, 6.07) is 7.73. The summed E-state index contributed by atoms with van der Waals surface area (Å²) in [6.45, 7) is 2.46. The van der Waals surface area contributed by atoms with Gasteiger partial charge in [0.25, 0.3) is 0 Å². The Balaban J connectivity index is 1.67. The summed E-state index contributed by atoms with van der Waals surface area (Å²) in [4.78, 5) is 25.5. The molecule has 1 heterocycles. The maximum Gasteiger partial charge on any atom is 0.471 e. The van der Waals surface area contributed by atoms with Crippen molar-refractivity contribution < 1.29 is 32.2 Å². The SMILES string of the molecule is CC1COCCC1N(C(=O)C(F)(F)F)C1C=CC(C(=O)OCc2ccccc2)C1. The molecule has 1 fully saturated rings. The largest absolute Gasteiger partial charge is 0.471 e. The lowest BCUT2D eigenvalue weighted by molar-refractivity contribution is -0.193. The van der Waals surface area contributed by atoms with Gasteiger partial charge in [-0.05, 0) is 18.4 Å². The molecule has 2 aliphatic rings. The second-order valence-corrected chi connectivity index (χ2v) is 7.51. The second kappa shape index (κ2) is 8.98. The molecule has 4 unspecified atom stereocenters. The summed E-state index contributed by atoms with van der Waals surface area (Å²) in [5.74, 6) is -3.29. The third-order valence-electron chi connectivity index (χ3n) is 5.37. The van der Waals surface area contributed by atoms with Crippen LogP contribution in [-0.4, -0.2) is 48.3 Å². The molecule has 4 atom stereocenters. The first kappa shape index (κ1) is 21.4. The van der Waals surface area contributed by atoms with Crippen molar-refractivity contribution >= 4 is 11.9 Å². The van der Waals surface area contributed by atoms with Crippen LogP contribution in [0.2, 0.25) is 0 Å². The Morgan fingerprint density at radius 2 is 1.93 bits per heavy atom. The average molecular weight is 411 g/mol. The monoisotopic (exact) mass is 411 g/mol. The number of benzene rings is 1. The van der Waals surface area contributed by atoms with Crippen LogP contribution in [0.15, 0.2) is 42.5 Å². The third-order valence-corrected chi connectivity index (χ3v) is 5.37. The van der Waals surface area contributed by atoms with Crippen molar-refractivity contribution in [2.24, 2.45) is 11.8 Å². The Labute approximate surface area is 167 Å². The Bertz CT molecular complexity index is 750. The third kappa shape index (κ3) is 5.18. The van der Waals surface area contributed by atoms with Crippen molar-refractivity contribution in [1.29, 1.82) is 0 Å². The number of halogens is 3. The number of carbonyl (C=O) groups excluding carboxylic acids is 2. The van der Waals surface area contributed by atoms with Crippen LogP contribution in [0.5, 0.6) is 0 Å². The van der Waals surface area contributed by atoms with E-state index in [9.17, 15) is 22.8 Å². The first-order valence-electron chi connectivity index (χ1n) is 9.63. The van der Waals surface area contributed by atoms with Gasteiger partial charge in [0, 0.05) is 18.6 Å². The Hall–Kier alpha value is -2.35. The molecule has 1 amide bonds. The molecule has 158 valence electrons. The lowest BCUT2D eigenvalue weighted by atomic mass is 9.93. The minimum Gasteiger partial charge on any atom is -0.460 e. The Morgan fingerprint density at radius 3 is 2.59 bits per heavy atom. The number of rotatable bonds is 5. The Kier molecular flexibility index (Phi) is 6.62. The van der Waals surface area contributed by atoms with Gasteiger partial charge in [-0.1, -0.05) is 49.4 Å². The predicted molar refractivity (Wildman–Crippen MR) is 98.6 cm³/mol. The van der Waals surface area contributed by atoms with Crippen LogP contribution >= 0.6 is 0 Å². The first-order valence-corrected chi connectivity index (χ1v) is 9.63. The number of carbonyl (C=O) groups is 2. The van der Waals surface area contributed by atoms with E-state index in [-0.39, 0.29) is 18.9 Å². The van der Waals surface area contributed by atoms with Gasteiger partial charge < -0.3 is 14.4 Å². The average Bonchev–Trinajstić information content (AvgIpc) is 3.17. The maximum absolute atomic E-state index is 13.3. The van der Waals surface area contributed by atoms with Gasteiger partial charge in [-0.2, -0.15) is 13.2 Å². The van der Waals surface area contributed by atoms with E-state index in [1.807, 2.05) is 30.3 Å². The van der Waals surface area contributed by atoms with Crippen LogP contribution in [0.1, 0.15) is 25.3 Å². The molecule has 0 N–H and O–H groups in total. The van der Waals surface area contributed by atoms with Gasteiger partial charge in [0.2, 0.25) is 0 Å². The molecular weight excluding hydrogens is 387 g/mol. The number of ether oxygens (including phenoxy) is 2. The quantitative estimate of drug-likeness (QED) is 0.550. The van der Waals surface area contributed by atoms with E-state index in [2.05, 4.69) is 0 Å². The fourth-order valence-corrected chi connectivity index (χ4v) is 3.87. The van der Waals surface area contributed by atoms with E-state index in [1.165, 1.54) is 6.08 Å². The molecule has 0 saturated carbocycles. The summed E-state index contributed by atoms with van der Waals surface area (Å²) in [6.07, 6.45) is -1.51. The number of amides is 1. The molecule has 1 aromatic carbocycles. The van der Waals surface area contributed by atoms with Gasteiger partial charge in [0.1, 0.15) is 6.61 Å². The maximum atomic E-state index is 13.3. The molecule has 1 aliphatic heterocycles. The van der Waals surface area contributed by atoms with Crippen LogP contribution in [0, 0.1) is 11.8 Å². The highest BCUT2D eigenvalue weighted by Crippen LogP contribution is 2.33. The smallest absolute Gasteiger partial charge is 0.460 e. The highest BCUT2D eigenvalue weighted by atomic mass is 19.4. The van der Waals surface area contributed by atoms with Crippen molar-refractivity contribution in [1.82, 2.24) is 4.90 Å². The zero-order valence-corrected chi connectivity index (χ0v) is 16.1. The predicted octanol–water partition coefficient (Wildman–Crippen LogP) is 3.49. The number of alkyl halides is 3. The summed E-state index contributed by atoms with van der Waals surface area (Å²) in [5.41, 5.74) is 0.823. The molecule has 0 bridgehead atoms. The second-order valence-electron chi connectivity index (χ2n) is 7.51. The minimum atomic E-state index is -4.97. The topological polar surface area (TPSA) is 55.8 Å². The molecule has 5 nitrogen and oxygen atoms in total. The highest BCUT2D eigenvalue weighted by molar-refractivity contribution is 5.83. The molecule has 3 rings (SSSR count). The van der Waals surface area contributed by atoms with E-state index >= 15 is 0 Å². The number of hydrogen-bond acceptors (Lipinski definition) is 4. The highest BCUT2D eigenvalue weighted by Gasteiger charge is 2.49. The molecule has 1 aliphatic carbocycles. The molecule has 1 saturated heterocycles. The number of esters is 1. The van der Waals surface area contributed by atoms with Crippen LogP contribution in [0.3, 0.4) is 0 Å². The van der Waals surface area contributed by atoms with Gasteiger partial charge >= 0.3 is 18.1 Å². The van der Waals surface area contributed by atoms with E-state index in [0.29, 0.717) is 19.6 Å². The van der Waals surface area contributed by atoms with Crippen LogP contribution in [0.25, 0.3) is 0 Å². The molecule has 0 radical (unpaired) electrons. The van der Waals surface area contributed by atoms with Gasteiger partial charge in [0.05, 0.1) is 18.6 Å². The van der Waals surface area contributed by atoms with E-state index in [0.717, 1.165) is 10.5 Å². The number of nitrogens with zero attached hydrogens (tertiary/aromatic N) is 1. The molecule has 29 heavy (non-hydrogen) atoms. The van der Waals surface area contributed by atoms with Gasteiger partial charge in [-0.3, -0.25) is 9.59 Å². The first-order chi connectivity index (χ1) is 13.8. The van der Waals surface area contributed by atoms with Crippen LogP contribution < -0.4 is 0 Å². The standard InChI is InChI=1S/C21H24F3NO4/c1-14-12-28-10-9-18(14)25(20(27)21(22,23)24)17-8-7-16(11-17)19(26)29-13-15-5-3-2-4-6-15/h2-8,14,16-18H,9-13H2,1H3. The molecule has 0 aromatic heterocycles. The van der Waals surface area contributed by atoms with E-state index in [1.54, 1.807) is 13.0 Å². The lowest BCUT2D eigenvalue weighted by Crippen LogP contribution is -2.55. The van der Waals surface area contributed by atoms with Gasteiger partial charge in [-0.25, -0.2) is 0 Å². The van der Waals surface area contributed by atoms with Crippen molar-refractivity contribution in [3.8, 4) is 0 Å². The van der Waals surface area contributed by atoms with Crippen molar-refractivity contribution in [2.45, 2.75) is 44.6 Å². The normalized spacial score (nSPS) is 26.9. The van der Waals surface area contributed by atoms with Crippen molar-refractivity contribution in [3.63, 3.8) is 0 Å². The van der Waals surface area contributed by atoms with Gasteiger partial charge in [-0.15, -0.1) is 0 Å². The zero-order chi connectivity index (χ0) is 21.0. The fourth-order valence-electron chi connectivity index (χ4n) is 3.87. The molecule has 0 spiro atoms. The fraction of sp³-hybridized carbons (Fsp3) is 0.524. The lowest BCUT2D eigenvalue weighted by Gasteiger charge is -2.41. The van der Waals surface area contributed by atoms with E-state index < -0.39 is 36.1 Å². The zero-order valence-electron chi connectivity index (χ0n) is 16.1. The summed E-state index contributed by atoms with van der Waals surface area (Å²) in [7, 11) is 0. The summed E-state index contributed by atoms with van der Waals surface area (Å²) in [5, 5.41) is 0. The Morgan fingerprint density at radius 1 is 1.21 bits per heavy atom. The van der Waals surface area contributed by atoms with Crippen molar-refractivity contribution in [3.05, 3.63) is 48.0 Å². The summed E-state index contributed by atoms with van der Waals surface area (Å²) >= 11 is 0. The van der Waals surface area contributed by atoms with Crippen LogP contribution in [0.4, 0.5) is 13.2 Å². The number of hydrogen-bond donors (Lipinski definition) is 0. The molecule has 8 heteroatoms. The minimum absolute atomic E-state index is 0.0829. The summed E-state index contributed by atoms with van der Waals surface area (Å²) < 4.78 is 50.4. The molecular formula is C21H24F3NO4.